The number of nitrogens with zero attached hydrogens (tertiary/aromatic N) is 1. The average Bonchev–Trinajstić information content (AvgIpc) is 2.81. The first-order valence-corrected chi connectivity index (χ1v) is 6.64. The minimum absolute atomic E-state index is 0.00222. The van der Waals surface area contributed by atoms with E-state index in [4.69, 9.17) is 5.73 Å². The van der Waals surface area contributed by atoms with E-state index < -0.39 is 29.2 Å². The molecule has 0 aliphatic carbocycles. The fourth-order valence-corrected chi connectivity index (χ4v) is 2.46. The van der Waals surface area contributed by atoms with Crippen LogP contribution in [0.25, 0.3) is 5.69 Å². The number of carbonyl (C=O) groups excluding carboxylic acids is 3. The number of nitrogen functional groups attached to an aromatic ring is 1. The van der Waals surface area contributed by atoms with Crippen molar-refractivity contribution >= 4 is 23.6 Å². The van der Waals surface area contributed by atoms with Crippen LogP contribution < -0.4 is 16.6 Å². The minimum Gasteiger partial charge on any atom is -0.465 e. The van der Waals surface area contributed by atoms with E-state index >= 15 is 0 Å². The second-order valence-electron chi connectivity index (χ2n) is 4.93. The third kappa shape index (κ3) is 2.14. The van der Waals surface area contributed by atoms with E-state index in [0.717, 1.165) is 29.9 Å². The Hall–Kier alpha value is -3.49. The summed E-state index contributed by atoms with van der Waals surface area (Å²) in [5.41, 5.74) is 4.50. The van der Waals surface area contributed by atoms with Gasteiger partial charge in [-0.15, -0.1) is 0 Å². The Balaban J connectivity index is 2.22. The number of esters is 1. The highest BCUT2D eigenvalue weighted by Gasteiger charge is 2.32. The van der Waals surface area contributed by atoms with E-state index in [0.29, 0.717) is 0 Å². The van der Waals surface area contributed by atoms with E-state index in [1.807, 2.05) is 5.32 Å². The number of benzene rings is 1. The summed E-state index contributed by atoms with van der Waals surface area (Å²) in [6.45, 7) is 0. The molecule has 0 unspecified atom stereocenters. The Kier molecular flexibility index (Phi) is 3.40. The van der Waals surface area contributed by atoms with Gasteiger partial charge in [0.1, 0.15) is 11.6 Å². The van der Waals surface area contributed by atoms with Crippen molar-refractivity contribution in [3.63, 3.8) is 0 Å². The lowest BCUT2D eigenvalue weighted by Crippen LogP contribution is -2.24. The highest BCUT2D eigenvalue weighted by molar-refractivity contribution is 6.23. The van der Waals surface area contributed by atoms with Crippen LogP contribution >= 0.6 is 0 Å². The lowest BCUT2D eigenvalue weighted by Gasteiger charge is -2.12. The first-order valence-electron chi connectivity index (χ1n) is 6.64. The maximum atomic E-state index is 14.1. The fraction of sp³-hybridized carbons (Fsp3) is 0.0667. The summed E-state index contributed by atoms with van der Waals surface area (Å²) >= 11 is 0. The van der Waals surface area contributed by atoms with Crippen LogP contribution in [0.5, 0.6) is 0 Å². The van der Waals surface area contributed by atoms with Crippen molar-refractivity contribution in [2.75, 3.05) is 12.8 Å². The van der Waals surface area contributed by atoms with Crippen LogP contribution in [0.1, 0.15) is 31.1 Å². The van der Waals surface area contributed by atoms with Gasteiger partial charge in [-0.1, -0.05) is 0 Å². The molecule has 1 aromatic carbocycles. The molecular formula is C15H10FN3O5. The van der Waals surface area contributed by atoms with Crippen LogP contribution in [-0.2, 0) is 4.74 Å². The number of imide groups is 1. The molecule has 1 aliphatic rings. The number of nitrogens with one attached hydrogen (secondary N) is 1. The molecule has 0 saturated carbocycles. The summed E-state index contributed by atoms with van der Waals surface area (Å²) < 4.78 is 19.4. The summed E-state index contributed by atoms with van der Waals surface area (Å²) in [5.74, 6) is -3.57. The number of ether oxygens (including phenoxy) is 1. The zero-order chi connectivity index (χ0) is 17.6. The van der Waals surface area contributed by atoms with Gasteiger partial charge in [-0.3, -0.25) is 24.3 Å². The van der Waals surface area contributed by atoms with E-state index in [9.17, 15) is 23.6 Å². The number of nitrogens with two attached hydrogens (primary N) is 1. The van der Waals surface area contributed by atoms with Gasteiger partial charge in [0, 0.05) is 6.07 Å². The second kappa shape index (κ2) is 5.30. The van der Waals surface area contributed by atoms with Gasteiger partial charge in [-0.2, -0.15) is 0 Å². The number of amides is 2. The summed E-state index contributed by atoms with van der Waals surface area (Å²) in [6, 6.07) is 4.25. The molecule has 8 nitrogen and oxygen atoms in total. The van der Waals surface area contributed by atoms with Crippen molar-refractivity contribution in [2.45, 2.75) is 0 Å². The van der Waals surface area contributed by atoms with Crippen LogP contribution in [0.3, 0.4) is 0 Å². The maximum absolute atomic E-state index is 14.1. The molecule has 0 bridgehead atoms. The van der Waals surface area contributed by atoms with Crippen LogP contribution in [0.4, 0.5) is 10.2 Å². The molecule has 0 spiro atoms. The molecule has 24 heavy (non-hydrogen) atoms. The molecule has 2 heterocycles. The van der Waals surface area contributed by atoms with Crippen molar-refractivity contribution in [1.82, 2.24) is 9.88 Å². The molecule has 122 valence electrons. The molecule has 2 aromatic rings. The van der Waals surface area contributed by atoms with Crippen molar-refractivity contribution in [2.24, 2.45) is 0 Å². The maximum Gasteiger partial charge on any atom is 0.340 e. The highest BCUT2D eigenvalue weighted by Crippen LogP contribution is 2.23. The number of fused-ring (bicyclic) bond motifs is 1. The standard InChI is InChI=1S/C15H10FN3O5/c1-24-15(23)7-3-2-6(4-9(7)16)19-10(20)5-8-11(12(19)17)14(22)18-13(8)21/h2-5H,17H2,1H3,(H,18,21,22). The Morgan fingerprint density at radius 2 is 1.92 bits per heavy atom. The predicted octanol–water partition coefficient (Wildman–Crippen LogP) is 0.229. The van der Waals surface area contributed by atoms with E-state index in [1.165, 1.54) is 6.07 Å². The third-order valence-electron chi connectivity index (χ3n) is 3.57. The van der Waals surface area contributed by atoms with Gasteiger partial charge < -0.3 is 10.5 Å². The molecule has 1 aromatic heterocycles. The Bertz CT molecular complexity index is 980. The van der Waals surface area contributed by atoms with Crippen molar-refractivity contribution in [3.8, 4) is 5.69 Å². The Labute approximate surface area is 133 Å². The third-order valence-corrected chi connectivity index (χ3v) is 3.57. The largest absolute Gasteiger partial charge is 0.465 e. The average molecular weight is 331 g/mol. The Morgan fingerprint density at radius 1 is 1.21 bits per heavy atom. The zero-order valence-electron chi connectivity index (χ0n) is 12.3. The first kappa shape index (κ1) is 15.4. The normalized spacial score (nSPS) is 12.8. The molecule has 0 saturated heterocycles. The summed E-state index contributed by atoms with van der Waals surface area (Å²) in [7, 11) is 1.11. The second-order valence-corrected chi connectivity index (χ2v) is 4.93. The smallest absolute Gasteiger partial charge is 0.340 e. The van der Waals surface area contributed by atoms with Gasteiger partial charge in [0.25, 0.3) is 17.4 Å². The van der Waals surface area contributed by atoms with Gasteiger partial charge in [0.2, 0.25) is 0 Å². The monoisotopic (exact) mass is 331 g/mol. The van der Waals surface area contributed by atoms with Crippen molar-refractivity contribution in [3.05, 3.63) is 57.1 Å². The first-order chi connectivity index (χ1) is 11.3. The van der Waals surface area contributed by atoms with Crippen LogP contribution in [0, 0.1) is 5.82 Å². The van der Waals surface area contributed by atoms with E-state index in [-0.39, 0.29) is 28.2 Å². The molecule has 0 radical (unpaired) electrons. The van der Waals surface area contributed by atoms with Gasteiger partial charge in [0.15, 0.2) is 0 Å². The zero-order valence-corrected chi connectivity index (χ0v) is 12.3. The van der Waals surface area contributed by atoms with Crippen LogP contribution in [0.15, 0.2) is 29.1 Å². The lowest BCUT2D eigenvalue weighted by molar-refractivity contribution is 0.0595. The number of aromatic nitrogens is 1. The predicted molar refractivity (Wildman–Crippen MR) is 79.5 cm³/mol. The van der Waals surface area contributed by atoms with E-state index in [1.54, 1.807) is 0 Å². The van der Waals surface area contributed by atoms with Gasteiger partial charge in [-0.25, -0.2) is 9.18 Å². The highest BCUT2D eigenvalue weighted by atomic mass is 19.1. The van der Waals surface area contributed by atoms with Crippen molar-refractivity contribution < 1.29 is 23.5 Å². The number of methoxy groups -OCH3 is 1. The number of anilines is 1. The van der Waals surface area contributed by atoms with Crippen LogP contribution in [0.2, 0.25) is 0 Å². The lowest BCUT2D eigenvalue weighted by atomic mass is 10.1. The SMILES string of the molecule is COC(=O)c1ccc(-n2c(N)c3c(cc2=O)C(=O)NC3=O)cc1F. The fourth-order valence-electron chi connectivity index (χ4n) is 2.46. The molecule has 0 fully saturated rings. The van der Waals surface area contributed by atoms with Crippen molar-refractivity contribution in [1.29, 1.82) is 0 Å². The molecule has 9 heteroatoms. The number of halogens is 1. The number of hydrogen-bond donors (Lipinski definition) is 2. The Morgan fingerprint density at radius 3 is 2.54 bits per heavy atom. The number of hydrogen-bond acceptors (Lipinski definition) is 6. The number of rotatable bonds is 2. The van der Waals surface area contributed by atoms with Gasteiger partial charge >= 0.3 is 5.97 Å². The van der Waals surface area contributed by atoms with Crippen LogP contribution in [-0.4, -0.2) is 29.5 Å². The number of pyridine rings is 1. The quantitative estimate of drug-likeness (QED) is 0.600. The van der Waals surface area contributed by atoms with E-state index in [2.05, 4.69) is 4.74 Å². The molecule has 1 aliphatic heterocycles. The molecular weight excluding hydrogens is 321 g/mol. The summed E-state index contributed by atoms with van der Waals surface area (Å²) in [6.07, 6.45) is 0. The molecule has 0 atom stereocenters. The summed E-state index contributed by atoms with van der Waals surface area (Å²) in [5, 5.41) is 2.03. The minimum atomic E-state index is -0.924. The molecule has 3 rings (SSSR count). The molecule has 2 amide bonds. The topological polar surface area (TPSA) is 120 Å². The number of carbonyl (C=O) groups is 3. The van der Waals surface area contributed by atoms with Gasteiger partial charge in [0.05, 0.1) is 29.5 Å². The van der Waals surface area contributed by atoms with Gasteiger partial charge in [-0.05, 0) is 18.2 Å². The summed E-state index contributed by atoms with van der Waals surface area (Å²) in [4.78, 5) is 47.0. The molecule has 3 N–H and O–H groups in total.